The van der Waals surface area contributed by atoms with Crippen LogP contribution in [0.25, 0.3) is 6.08 Å². The van der Waals surface area contributed by atoms with E-state index in [1.165, 1.54) is 12.1 Å². The number of nitro groups is 1. The first-order valence-corrected chi connectivity index (χ1v) is 3.92. The minimum Gasteiger partial charge on any atom is -0.366 e. The lowest BCUT2D eigenvalue weighted by Crippen LogP contribution is -2.05. The number of carbonyl (C=O) groups is 1. The summed E-state index contributed by atoms with van der Waals surface area (Å²) >= 11 is 0. The van der Waals surface area contributed by atoms with Gasteiger partial charge in [0.2, 0.25) is 5.91 Å². The Kier molecular flexibility index (Phi) is 3.12. The van der Waals surface area contributed by atoms with Crippen LogP contribution in [-0.2, 0) is 4.79 Å². The Morgan fingerprint density at radius 3 is 2.73 bits per heavy atom. The Morgan fingerprint density at radius 1 is 1.53 bits per heavy atom. The highest BCUT2D eigenvalue weighted by molar-refractivity contribution is 5.90. The van der Waals surface area contributed by atoms with Crippen LogP contribution in [0.3, 0.4) is 0 Å². The molecule has 2 N–H and O–H groups in total. The van der Waals surface area contributed by atoms with E-state index in [1.807, 2.05) is 0 Å². The van der Waals surface area contributed by atoms with Crippen LogP contribution >= 0.6 is 0 Å². The molecule has 0 saturated carbocycles. The topological polar surface area (TPSA) is 86.2 Å². The second kappa shape index (κ2) is 4.32. The van der Waals surface area contributed by atoms with Crippen molar-refractivity contribution in [1.82, 2.24) is 0 Å². The van der Waals surface area contributed by atoms with Gasteiger partial charge in [0.15, 0.2) is 0 Å². The number of rotatable bonds is 3. The summed E-state index contributed by atoms with van der Waals surface area (Å²) < 4.78 is 12.7. The molecule has 1 aromatic carbocycles. The van der Waals surface area contributed by atoms with Crippen LogP contribution in [0.5, 0.6) is 0 Å². The highest BCUT2D eigenvalue weighted by Gasteiger charge is 2.12. The van der Waals surface area contributed by atoms with Gasteiger partial charge in [-0.2, -0.15) is 0 Å². The number of primary amides is 1. The van der Waals surface area contributed by atoms with Gasteiger partial charge < -0.3 is 5.73 Å². The molecular formula is C9H7FN2O3. The normalized spacial score (nSPS) is 10.5. The maximum atomic E-state index is 12.7. The molecular weight excluding hydrogens is 203 g/mol. The maximum absolute atomic E-state index is 12.7. The maximum Gasteiger partial charge on any atom is 0.279 e. The average Bonchev–Trinajstić information content (AvgIpc) is 2.15. The summed E-state index contributed by atoms with van der Waals surface area (Å²) in [4.78, 5) is 20.2. The van der Waals surface area contributed by atoms with Crippen LogP contribution in [-0.4, -0.2) is 10.8 Å². The van der Waals surface area contributed by atoms with E-state index in [9.17, 15) is 19.3 Å². The van der Waals surface area contributed by atoms with Crippen LogP contribution in [0.1, 0.15) is 5.56 Å². The predicted molar refractivity (Wildman–Crippen MR) is 51.3 cm³/mol. The summed E-state index contributed by atoms with van der Waals surface area (Å²) in [6.07, 6.45) is 2.14. The predicted octanol–water partition coefficient (Wildman–Crippen LogP) is 1.23. The molecule has 0 aliphatic rings. The van der Waals surface area contributed by atoms with Gasteiger partial charge in [-0.25, -0.2) is 4.39 Å². The fraction of sp³-hybridized carbons (Fsp3) is 0. The molecule has 0 saturated heterocycles. The van der Waals surface area contributed by atoms with Gasteiger partial charge in [0.1, 0.15) is 5.82 Å². The van der Waals surface area contributed by atoms with Crippen LogP contribution in [0.4, 0.5) is 10.1 Å². The number of nitro benzene ring substituents is 1. The van der Waals surface area contributed by atoms with Crippen molar-refractivity contribution in [2.45, 2.75) is 0 Å². The number of hydrogen-bond donors (Lipinski definition) is 1. The van der Waals surface area contributed by atoms with E-state index in [0.717, 1.165) is 18.2 Å². The molecule has 0 aliphatic carbocycles. The molecule has 1 amide bonds. The van der Waals surface area contributed by atoms with Gasteiger partial charge in [-0.1, -0.05) is 0 Å². The summed E-state index contributed by atoms with van der Waals surface area (Å²) in [6.45, 7) is 0. The number of benzene rings is 1. The fourth-order valence-electron chi connectivity index (χ4n) is 0.988. The smallest absolute Gasteiger partial charge is 0.279 e. The van der Waals surface area contributed by atoms with Crippen LogP contribution in [0, 0.1) is 15.9 Å². The summed E-state index contributed by atoms with van der Waals surface area (Å²) in [5.74, 6) is -1.44. The van der Waals surface area contributed by atoms with Crippen LogP contribution in [0.15, 0.2) is 24.3 Å². The van der Waals surface area contributed by atoms with Crippen LogP contribution in [0.2, 0.25) is 0 Å². The zero-order chi connectivity index (χ0) is 11.4. The summed E-state index contributed by atoms with van der Waals surface area (Å²) in [7, 11) is 0. The number of carbonyl (C=O) groups excluding carboxylic acids is 1. The highest BCUT2D eigenvalue weighted by Crippen LogP contribution is 2.20. The van der Waals surface area contributed by atoms with Crippen molar-refractivity contribution in [3.05, 3.63) is 45.8 Å². The second-order valence-electron chi connectivity index (χ2n) is 2.70. The summed E-state index contributed by atoms with van der Waals surface area (Å²) in [5.41, 5.74) is 4.54. The lowest BCUT2D eigenvalue weighted by atomic mass is 10.1. The quantitative estimate of drug-likeness (QED) is 0.462. The van der Waals surface area contributed by atoms with Gasteiger partial charge in [0.05, 0.1) is 16.6 Å². The van der Waals surface area contributed by atoms with E-state index in [-0.39, 0.29) is 5.56 Å². The largest absolute Gasteiger partial charge is 0.366 e. The van der Waals surface area contributed by atoms with Crippen molar-refractivity contribution >= 4 is 17.7 Å². The first kappa shape index (κ1) is 10.8. The highest BCUT2D eigenvalue weighted by atomic mass is 19.1. The summed E-state index contributed by atoms with van der Waals surface area (Å²) in [6, 6.07) is 3.04. The van der Waals surface area contributed by atoms with Crippen molar-refractivity contribution in [2.75, 3.05) is 0 Å². The van der Waals surface area contributed by atoms with E-state index in [1.54, 1.807) is 0 Å². The van der Waals surface area contributed by atoms with E-state index in [4.69, 9.17) is 5.73 Å². The Balaban J connectivity index is 3.17. The molecule has 1 aromatic rings. The molecule has 0 atom stereocenters. The minimum absolute atomic E-state index is 0.125. The number of hydrogen-bond acceptors (Lipinski definition) is 3. The number of nitrogens with zero attached hydrogens (tertiary/aromatic N) is 1. The zero-order valence-electron chi connectivity index (χ0n) is 7.51. The molecule has 0 aliphatic heterocycles. The Bertz CT molecular complexity index is 443. The van der Waals surface area contributed by atoms with Gasteiger partial charge in [-0.3, -0.25) is 14.9 Å². The van der Waals surface area contributed by atoms with Crippen molar-refractivity contribution in [3.8, 4) is 0 Å². The first-order chi connectivity index (χ1) is 7.00. The van der Waals surface area contributed by atoms with E-state index in [0.29, 0.717) is 0 Å². The molecule has 0 aromatic heterocycles. The van der Waals surface area contributed by atoms with Gasteiger partial charge in [-0.05, 0) is 18.2 Å². The minimum atomic E-state index is -0.732. The summed E-state index contributed by atoms with van der Waals surface area (Å²) in [5, 5.41) is 10.5. The Morgan fingerprint density at radius 2 is 2.20 bits per heavy atom. The van der Waals surface area contributed by atoms with Gasteiger partial charge >= 0.3 is 0 Å². The van der Waals surface area contributed by atoms with E-state index in [2.05, 4.69) is 0 Å². The van der Waals surface area contributed by atoms with Gasteiger partial charge in [0, 0.05) is 6.08 Å². The van der Waals surface area contributed by atoms with Crippen LogP contribution < -0.4 is 5.73 Å². The van der Waals surface area contributed by atoms with Gasteiger partial charge in [0.25, 0.3) is 5.69 Å². The molecule has 0 fully saturated rings. The molecule has 0 radical (unpaired) electrons. The van der Waals surface area contributed by atoms with Crippen molar-refractivity contribution in [1.29, 1.82) is 0 Å². The molecule has 78 valence electrons. The number of amides is 1. The molecule has 15 heavy (non-hydrogen) atoms. The average molecular weight is 210 g/mol. The third kappa shape index (κ3) is 2.87. The second-order valence-corrected chi connectivity index (χ2v) is 2.70. The standard InChI is InChI=1S/C9H7FN2O3/c10-7-3-1-6(2-4-9(11)13)8(5-7)12(14)15/h1-5H,(H2,11,13). The Labute approximate surface area is 84.2 Å². The number of halogens is 1. The van der Waals surface area contributed by atoms with Crippen molar-refractivity contribution in [3.63, 3.8) is 0 Å². The van der Waals surface area contributed by atoms with Gasteiger partial charge in [-0.15, -0.1) is 0 Å². The van der Waals surface area contributed by atoms with E-state index < -0.39 is 22.3 Å². The molecule has 6 heteroatoms. The van der Waals surface area contributed by atoms with E-state index >= 15 is 0 Å². The lowest BCUT2D eigenvalue weighted by Gasteiger charge is -1.96. The monoisotopic (exact) mass is 210 g/mol. The Hall–Kier alpha value is -2.24. The first-order valence-electron chi connectivity index (χ1n) is 3.92. The molecule has 0 bridgehead atoms. The molecule has 5 nitrogen and oxygen atoms in total. The lowest BCUT2D eigenvalue weighted by molar-refractivity contribution is -0.385. The molecule has 1 rings (SSSR count). The van der Waals surface area contributed by atoms with Crippen molar-refractivity contribution < 1.29 is 14.1 Å². The molecule has 0 unspecified atom stereocenters. The third-order valence-electron chi connectivity index (χ3n) is 1.62. The number of nitrogens with two attached hydrogens (primary N) is 1. The molecule has 0 spiro atoms. The zero-order valence-corrected chi connectivity index (χ0v) is 7.51. The SMILES string of the molecule is NC(=O)C=Cc1ccc(F)cc1[N+](=O)[O-]. The third-order valence-corrected chi connectivity index (χ3v) is 1.62. The molecule has 0 heterocycles. The van der Waals surface area contributed by atoms with Crippen molar-refractivity contribution in [2.24, 2.45) is 5.73 Å². The fourth-order valence-corrected chi connectivity index (χ4v) is 0.988.